The van der Waals surface area contributed by atoms with Crippen LogP contribution in [0.25, 0.3) is 0 Å². The van der Waals surface area contributed by atoms with Crippen molar-refractivity contribution in [1.29, 1.82) is 0 Å². The Kier molecular flexibility index (Phi) is 3.62. The number of hydrogen-bond donors (Lipinski definition) is 0. The molecule has 1 spiro atoms. The molecule has 1 aromatic rings. The van der Waals surface area contributed by atoms with Crippen LogP contribution in [0.5, 0.6) is 0 Å². The number of halogens is 2. The first kappa shape index (κ1) is 15.6. The highest BCUT2D eigenvalue weighted by Crippen LogP contribution is 2.50. The molecule has 1 atom stereocenters. The Bertz CT molecular complexity index is 596. The topological polar surface area (TPSA) is 38.1 Å². The zero-order valence-corrected chi connectivity index (χ0v) is 13.4. The lowest BCUT2D eigenvalue weighted by atomic mass is 9.85. The van der Waals surface area contributed by atoms with Crippen molar-refractivity contribution in [2.24, 2.45) is 5.41 Å². The second kappa shape index (κ2) is 5.11. The number of carbonyl (C=O) groups excluding carboxylic acids is 1. The SMILES string of the molecule is CC(=O)c1cc2n(n1)CC1(CCC(F)(F)C1)CN(C(C)C)C2. The maximum Gasteiger partial charge on any atom is 0.248 e. The van der Waals surface area contributed by atoms with Crippen molar-refractivity contribution in [2.75, 3.05) is 6.54 Å². The van der Waals surface area contributed by atoms with Crippen molar-refractivity contribution in [2.45, 2.75) is 65.1 Å². The Labute approximate surface area is 129 Å². The summed E-state index contributed by atoms with van der Waals surface area (Å²) >= 11 is 0. The summed E-state index contributed by atoms with van der Waals surface area (Å²) in [7, 11) is 0. The second-order valence-electron chi connectivity index (χ2n) is 7.27. The summed E-state index contributed by atoms with van der Waals surface area (Å²) in [6, 6.07) is 2.08. The smallest absolute Gasteiger partial charge is 0.248 e. The van der Waals surface area contributed by atoms with E-state index in [-0.39, 0.29) is 24.7 Å². The minimum Gasteiger partial charge on any atom is -0.295 e. The van der Waals surface area contributed by atoms with Gasteiger partial charge in [-0.2, -0.15) is 5.10 Å². The zero-order valence-electron chi connectivity index (χ0n) is 13.4. The van der Waals surface area contributed by atoms with Crippen LogP contribution in [0.4, 0.5) is 8.78 Å². The monoisotopic (exact) mass is 311 g/mol. The first-order chi connectivity index (χ1) is 10.2. The lowest BCUT2D eigenvalue weighted by molar-refractivity contribution is -0.0117. The minimum atomic E-state index is -2.58. The molecule has 1 unspecified atom stereocenters. The molecule has 0 bridgehead atoms. The van der Waals surface area contributed by atoms with Gasteiger partial charge in [0.05, 0.1) is 5.69 Å². The molecule has 0 N–H and O–H groups in total. The molecule has 6 heteroatoms. The van der Waals surface area contributed by atoms with E-state index in [9.17, 15) is 13.6 Å². The molecule has 0 saturated heterocycles. The van der Waals surface area contributed by atoms with E-state index >= 15 is 0 Å². The third-order valence-electron chi connectivity index (χ3n) is 5.00. The van der Waals surface area contributed by atoms with E-state index in [1.807, 2.05) is 6.07 Å². The van der Waals surface area contributed by atoms with Crippen LogP contribution in [-0.2, 0) is 13.1 Å². The van der Waals surface area contributed by atoms with Gasteiger partial charge in [-0.3, -0.25) is 14.4 Å². The van der Waals surface area contributed by atoms with Crippen LogP contribution in [0.3, 0.4) is 0 Å². The van der Waals surface area contributed by atoms with Crippen LogP contribution < -0.4 is 0 Å². The summed E-state index contributed by atoms with van der Waals surface area (Å²) in [5.74, 6) is -2.66. The first-order valence-corrected chi connectivity index (χ1v) is 7.89. The van der Waals surface area contributed by atoms with Gasteiger partial charge >= 0.3 is 0 Å². The molecule has 0 radical (unpaired) electrons. The summed E-state index contributed by atoms with van der Waals surface area (Å²) in [6.07, 6.45) is 0.380. The van der Waals surface area contributed by atoms with Crippen molar-refractivity contribution in [3.05, 3.63) is 17.5 Å². The number of carbonyl (C=O) groups is 1. The first-order valence-electron chi connectivity index (χ1n) is 7.89. The summed E-state index contributed by atoms with van der Waals surface area (Å²) in [6.45, 7) is 7.46. The highest BCUT2D eigenvalue weighted by atomic mass is 19.3. The third kappa shape index (κ3) is 2.81. The predicted molar refractivity (Wildman–Crippen MR) is 79.0 cm³/mol. The van der Waals surface area contributed by atoms with Gasteiger partial charge in [-0.1, -0.05) is 0 Å². The summed E-state index contributed by atoms with van der Waals surface area (Å²) < 4.78 is 29.5. The van der Waals surface area contributed by atoms with Crippen molar-refractivity contribution in [3.8, 4) is 0 Å². The normalized spacial score (nSPS) is 28.1. The number of rotatable bonds is 2. The van der Waals surface area contributed by atoms with Crippen LogP contribution in [0.1, 0.15) is 56.2 Å². The average Bonchev–Trinajstić information content (AvgIpc) is 2.86. The van der Waals surface area contributed by atoms with Gasteiger partial charge in [0.15, 0.2) is 5.78 Å². The number of ketones is 1. The van der Waals surface area contributed by atoms with Gasteiger partial charge in [-0.15, -0.1) is 0 Å². The lowest BCUT2D eigenvalue weighted by Crippen LogP contribution is -2.40. The van der Waals surface area contributed by atoms with E-state index in [4.69, 9.17) is 0 Å². The van der Waals surface area contributed by atoms with Crippen molar-refractivity contribution in [1.82, 2.24) is 14.7 Å². The van der Waals surface area contributed by atoms with Gasteiger partial charge in [0.2, 0.25) is 5.92 Å². The summed E-state index contributed by atoms with van der Waals surface area (Å²) in [4.78, 5) is 13.8. The number of fused-ring (bicyclic) bond motifs is 1. The summed E-state index contributed by atoms with van der Waals surface area (Å²) in [5, 5.41) is 4.37. The highest BCUT2D eigenvalue weighted by molar-refractivity contribution is 5.92. The fraction of sp³-hybridized carbons (Fsp3) is 0.750. The van der Waals surface area contributed by atoms with E-state index < -0.39 is 11.3 Å². The minimum absolute atomic E-state index is 0.0465. The van der Waals surface area contributed by atoms with Crippen LogP contribution in [0.2, 0.25) is 0 Å². The van der Waals surface area contributed by atoms with Gasteiger partial charge < -0.3 is 0 Å². The van der Waals surface area contributed by atoms with Crippen molar-refractivity contribution >= 4 is 5.78 Å². The van der Waals surface area contributed by atoms with Gasteiger partial charge in [0.25, 0.3) is 0 Å². The largest absolute Gasteiger partial charge is 0.295 e. The molecular formula is C16H23F2N3O. The lowest BCUT2D eigenvalue weighted by Gasteiger charge is -2.34. The quantitative estimate of drug-likeness (QED) is 0.788. The Morgan fingerprint density at radius 3 is 2.59 bits per heavy atom. The molecule has 1 saturated carbocycles. The van der Waals surface area contributed by atoms with Gasteiger partial charge in [0.1, 0.15) is 5.69 Å². The number of alkyl halides is 2. The fourth-order valence-electron chi connectivity index (χ4n) is 3.76. The Balaban J connectivity index is 1.98. The number of nitrogens with zero attached hydrogens (tertiary/aromatic N) is 3. The number of aromatic nitrogens is 2. The van der Waals surface area contributed by atoms with Crippen LogP contribution >= 0.6 is 0 Å². The molecule has 4 nitrogen and oxygen atoms in total. The van der Waals surface area contributed by atoms with E-state index in [0.717, 1.165) is 5.69 Å². The molecule has 1 fully saturated rings. The molecule has 122 valence electrons. The predicted octanol–water partition coefficient (Wildman–Crippen LogP) is 3.12. The third-order valence-corrected chi connectivity index (χ3v) is 5.00. The molecule has 2 aliphatic rings. The van der Waals surface area contributed by atoms with E-state index in [1.54, 1.807) is 4.68 Å². The molecule has 2 heterocycles. The maximum absolute atomic E-state index is 13.8. The van der Waals surface area contributed by atoms with E-state index in [2.05, 4.69) is 23.8 Å². The Hall–Kier alpha value is -1.30. The van der Waals surface area contributed by atoms with Gasteiger partial charge in [-0.25, -0.2) is 8.78 Å². The molecule has 1 aromatic heterocycles. The zero-order chi connectivity index (χ0) is 16.1. The van der Waals surface area contributed by atoms with Crippen molar-refractivity contribution in [3.63, 3.8) is 0 Å². The molecule has 0 aromatic carbocycles. The summed E-state index contributed by atoms with van der Waals surface area (Å²) in [5.41, 5.74) is 0.936. The molecule has 22 heavy (non-hydrogen) atoms. The second-order valence-corrected chi connectivity index (χ2v) is 7.27. The molecule has 3 rings (SSSR count). The standard InChI is InChI=1S/C16H23F2N3O/c1-11(2)20-7-13-6-14(12(3)22)19-21(13)10-15(9-20)4-5-16(17,18)8-15/h6,11H,4-5,7-10H2,1-3H3. The van der Waals surface area contributed by atoms with E-state index in [0.29, 0.717) is 31.7 Å². The molecular weight excluding hydrogens is 288 g/mol. The maximum atomic E-state index is 13.8. The van der Waals surface area contributed by atoms with Crippen LogP contribution in [0.15, 0.2) is 6.07 Å². The Morgan fingerprint density at radius 1 is 1.32 bits per heavy atom. The molecule has 1 aliphatic carbocycles. The number of Topliss-reactive ketones (excluding diaryl/α,β-unsaturated/α-hetero) is 1. The average molecular weight is 311 g/mol. The molecule has 1 aliphatic heterocycles. The fourth-order valence-corrected chi connectivity index (χ4v) is 3.76. The van der Waals surface area contributed by atoms with Crippen molar-refractivity contribution < 1.29 is 13.6 Å². The van der Waals surface area contributed by atoms with E-state index in [1.165, 1.54) is 6.92 Å². The van der Waals surface area contributed by atoms with Crippen LogP contribution in [-0.4, -0.2) is 39.0 Å². The van der Waals surface area contributed by atoms with Crippen LogP contribution in [0, 0.1) is 5.41 Å². The molecule has 0 amide bonds. The van der Waals surface area contributed by atoms with Gasteiger partial charge in [-0.05, 0) is 26.3 Å². The van der Waals surface area contributed by atoms with Gasteiger partial charge in [0, 0.05) is 50.9 Å². The highest BCUT2D eigenvalue weighted by Gasteiger charge is 2.51. The Morgan fingerprint density at radius 2 is 2.05 bits per heavy atom. The number of hydrogen-bond acceptors (Lipinski definition) is 3.